The molecule has 0 amide bonds. The fourth-order valence-corrected chi connectivity index (χ4v) is 3.81. The van der Waals surface area contributed by atoms with E-state index in [9.17, 15) is 0 Å². The number of unbranched alkanes of at least 4 members (excludes halogenated alkanes) is 16. The molecule has 0 bridgehead atoms. The van der Waals surface area contributed by atoms with Gasteiger partial charge in [-0.2, -0.15) is 0 Å². The lowest BCUT2D eigenvalue weighted by Crippen LogP contribution is -2.21. The number of nitrogens with zero attached hydrogens (tertiary/aromatic N) is 2. The minimum Gasteiger partial charge on any atom is -0.359 e. The van der Waals surface area contributed by atoms with Gasteiger partial charge in [0.05, 0.1) is 6.67 Å². The van der Waals surface area contributed by atoms with Crippen LogP contribution in [0.3, 0.4) is 0 Å². The van der Waals surface area contributed by atoms with Gasteiger partial charge in [0.25, 0.3) is 0 Å². The predicted molar refractivity (Wildman–Crippen MR) is 129 cm³/mol. The lowest BCUT2D eigenvalue weighted by Gasteiger charge is -2.16. The van der Waals surface area contributed by atoms with Crippen molar-refractivity contribution >= 4 is 12.4 Å². The molecular formula is C25H49ClN2. The summed E-state index contributed by atoms with van der Waals surface area (Å²) in [4.78, 5) is 4.59. The lowest BCUT2D eigenvalue weighted by atomic mass is 10.0. The highest BCUT2D eigenvalue weighted by molar-refractivity contribution is 5.85. The monoisotopic (exact) mass is 412 g/mol. The first kappa shape index (κ1) is 27.4. The van der Waals surface area contributed by atoms with Gasteiger partial charge in [-0.1, -0.05) is 109 Å². The molecule has 1 heterocycles. The van der Waals surface area contributed by atoms with E-state index in [2.05, 4.69) is 48.3 Å². The topological polar surface area (TPSA) is 6.48 Å². The van der Waals surface area contributed by atoms with Crippen LogP contribution >= 0.6 is 12.4 Å². The zero-order valence-corrected chi connectivity index (χ0v) is 19.9. The number of hydrogen-bond acceptors (Lipinski definition) is 2. The normalized spacial score (nSPS) is 13.6. The Morgan fingerprint density at radius 1 is 0.643 bits per heavy atom. The Labute approximate surface area is 183 Å². The summed E-state index contributed by atoms with van der Waals surface area (Å²) in [7, 11) is 0. The van der Waals surface area contributed by atoms with Crippen LogP contribution in [0.4, 0.5) is 0 Å². The summed E-state index contributed by atoms with van der Waals surface area (Å²) in [5, 5.41) is 0. The first-order valence-corrected chi connectivity index (χ1v) is 12.2. The molecule has 2 nitrogen and oxygen atoms in total. The van der Waals surface area contributed by atoms with Gasteiger partial charge in [0.1, 0.15) is 0 Å². The fraction of sp³-hybridized carbons (Fsp3) is 0.840. The van der Waals surface area contributed by atoms with Crippen LogP contribution in [0.25, 0.3) is 0 Å². The van der Waals surface area contributed by atoms with Crippen LogP contribution in [0, 0.1) is 0 Å². The van der Waals surface area contributed by atoms with Crippen LogP contribution < -0.4 is 0 Å². The summed E-state index contributed by atoms with van der Waals surface area (Å²) in [5.41, 5.74) is 0. The van der Waals surface area contributed by atoms with Crippen LogP contribution in [-0.4, -0.2) is 23.0 Å². The molecule has 0 unspecified atom stereocenters. The highest BCUT2D eigenvalue weighted by Crippen LogP contribution is 2.14. The fourth-order valence-electron chi connectivity index (χ4n) is 3.81. The third kappa shape index (κ3) is 16.3. The zero-order valence-electron chi connectivity index (χ0n) is 19.0. The van der Waals surface area contributed by atoms with Gasteiger partial charge < -0.3 is 9.80 Å². The van der Waals surface area contributed by atoms with E-state index in [1.807, 2.05) is 0 Å². The maximum absolute atomic E-state index is 2.34. The van der Waals surface area contributed by atoms with Crippen molar-refractivity contribution in [2.45, 2.75) is 123 Å². The van der Waals surface area contributed by atoms with E-state index in [1.165, 1.54) is 109 Å². The van der Waals surface area contributed by atoms with Gasteiger partial charge in [0.2, 0.25) is 0 Å². The molecule has 0 aromatic carbocycles. The molecule has 0 saturated carbocycles. The number of allylic oxidation sites excluding steroid dienone is 1. The van der Waals surface area contributed by atoms with Gasteiger partial charge in [0.15, 0.2) is 0 Å². The van der Waals surface area contributed by atoms with Gasteiger partial charge >= 0.3 is 0 Å². The number of halogens is 1. The molecular weight excluding hydrogens is 364 g/mol. The molecule has 0 saturated heterocycles. The highest BCUT2D eigenvalue weighted by atomic mass is 35.5. The van der Waals surface area contributed by atoms with Crippen molar-refractivity contribution in [3.63, 3.8) is 0 Å². The second-order valence-corrected chi connectivity index (χ2v) is 8.34. The molecule has 0 fully saturated rings. The van der Waals surface area contributed by atoms with E-state index >= 15 is 0 Å². The molecule has 1 rings (SSSR count). The Hall–Kier alpha value is -0.630. The Balaban J connectivity index is 0.00000729. The average Bonchev–Trinajstić information content (AvgIpc) is 3.15. The van der Waals surface area contributed by atoms with Crippen molar-refractivity contribution < 1.29 is 0 Å². The van der Waals surface area contributed by atoms with Crippen molar-refractivity contribution in [3.8, 4) is 0 Å². The predicted octanol–water partition coefficient (Wildman–Crippen LogP) is 8.64. The van der Waals surface area contributed by atoms with Gasteiger partial charge in [-0.15, -0.1) is 12.4 Å². The first-order chi connectivity index (χ1) is 13.4. The van der Waals surface area contributed by atoms with E-state index in [4.69, 9.17) is 0 Å². The molecule has 0 N–H and O–H groups in total. The highest BCUT2D eigenvalue weighted by Gasteiger charge is 2.06. The van der Waals surface area contributed by atoms with Crippen molar-refractivity contribution in [1.29, 1.82) is 0 Å². The summed E-state index contributed by atoms with van der Waals surface area (Å²) in [6.07, 6.45) is 33.3. The van der Waals surface area contributed by atoms with Crippen LogP contribution in [0.5, 0.6) is 0 Å². The quantitative estimate of drug-likeness (QED) is 0.196. The van der Waals surface area contributed by atoms with Crippen molar-refractivity contribution in [1.82, 2.24) is 9.80 Å². The van der Waals surface area contributed by atoms with Crippen LogP contribution in [-0.2, 0) is 0 Å². The second kappa shape index (κ2) is 21.1. The summed E-state index contributed by atoms with van der Waals surface area (Å²) in [5.74, 6) is 0. The average molecular weight is 413 g/mol. The van der Waals surface area contributed by atoms with Gasteiger partial charge in [-0.05, 0) is 19.8 Å². The van der Waals surface area contributed by atoms with Crippen molar-refractivity contribution in [2.75, 3.05) is 13.2 Å². The zero-order chi connectivity index (χ0) is 19.4. The third-order valence-corrected chi connectivity index (χ3v) is 5.74. The van der Waals surface area contributed by atoms with E-state index in [0.29, 0.717) is 0 Å². The van der Waals surface area contributed by atoms with Gasteiger partial charge in [-0.25, -0.2) is 0 Å². The summed E-state index contributed by atoms with van der Waals surface area (Å²) in [6, 6.07) is 0. The van der Waals surface area contributed by atoms with Crippen LogP contribution in [0.15, 0.2) is 24.7 Å². The SMILES string of the molecule is CCCCCCCCCCCCCCCCCCC=CN1C=CN(CC)C1.Cl. The van der Waals surface area contributed by atoms with Crippen LogP contribution in [0.2, 0.25) is 0 Å². The molecule has 0 aromatic rings. The Kier molecular flexibility index (Phi) is 20.6. The molecule has 0 spiro atoms. The van der Waals surface area contributed by atoms with E-state index in [1.54, 1.807) is 0 Å². The Morgan fingerprint density at radius 3 is 1.54 bits per heavy atom. The van der Waals surface area contributed by atoms with E-state index < -0.39 is 0 Å². The Morgan fingerprint density at radius 2 is 1.11 bits per heavy atom. The summed E-state index contributed by atoms with van der Waals surface area (Å²) < 4.78 is 0. The molecule has 0 atom stereocenters. The molecule has 28 heavy (non-hydrogen) atoms. The minimum absolute atomic E-state index is 0. The summed E-state index contributed by atoms with van der Waals surface area (Å²) in [6.45, 7) is 6.62. The molecule has 3 heteroatoms. The largest absolute Gasteiger partial charge is 0.359 e. The molecule has 0 radical (unpaired) electrons. The maximum Gasteiger partial charge on any atom is 0.0935 e. The van der Waals surface area contributed by atoms with Gasteiger partial charge in [-0.3, -0.25) is 0 Å². The van der Waals surface area contributed by atoms with Crippen LogP contribution in [0.1, 0.15) is 123 Å². The molecule has 1 aliphatic rings. The number of rotatable bonds is 19. The summed E-state index contributed by atoms with van der Waals surface area (Å²) >= 11 is 0. The second-order valence-electron chi connectivity index (χ2n) is 8.34. The van der Waals surface area contributed by atoms with E-state index in [0.717, 1.165) is 13.2 Å². The third-order valence-electron chi connectivity index (χ3n) is 5.74. The van der Waals surface area contributed by atoms with Crippen molar-refractivity contribution in [2.24, 2.45) is 0 Å². The van der Waals surface area contributed by atoms with Crippen molar-refractivity contribution in [3.05, 3.63) is 24.7 Å². The molecule has 166 valence electrons. The smallest absolute Gasteiger partial charge is 0.0935 e. The lowest BCUT2D eigenvalue weighted by molar-refractivity contribution is 0.327. The maximum atomic E-state index is 2.34. The standard InChI is InChI=1S/C25H48N2.ClH/c1-3-5-6-7-8-9-10-11-12-13-14-15-16-17-18-19-20-21-22-27-24-23-26(4-2)25-27;/h21-24H,3-20,25H2,1-2H3;1H. The molecule has 0 aromatic heterocycles. The first-order valence-electron chi connectivity index (χ1n) is 12.2. The minimum atomic E-state index is 0. The molecule has 0 aliphatic carbocycles. The molecule has 1 aliphatic heterocycles. The number of hydrogen-bond donors (Lipinski definition) is 0. The Bertz CT molecular complexity index is 368. The van der Waals surface area contributed by atoms with Gasteiger partial charge in [0, 0.05) is 25.1 Å². The van der Waals surface area contributed by atoms with E-state index in [-0.39, 0.29) is 12.4 Å².